The van der Waals surface area contributed by atoms with Crippen LogP contribution in [-0.2, 0) is 9.59 Å². The van der Waals surface area contributed by atoms with Crippen molar-refractivity contribution in [3.63, 3.8) is 0 Å². The third kappa shape index (κ3) is 3.99. The fourth-order valence-electron chi connectivity index (χ4n) is 4.67. The number of amides is 2. The molecule has 2 atom stereocenters. The number of carbonyl (C=O) groups excluding carboxylic acids is 2. The second-order valence-corrected chi connectivity index (χ2v) is 8.43. The molecule has 2 aliphatic rings. The molecule has 2 aromatic rings. The molecule has 0 bridgehead atoms. The molecule has 0 radical (unpaired) electrons. The normalized spacial score (nSPS) is 21.3. The molecule has 0 aromatic heterocycles. The predicted molar refractivity (Wildman–Crippen MR) is 120 cm³/mol. The molecule has 2 heterocycles. The lowest BCUT2D eigenvalue weighted by molar-refractivity contribution is -0.130. The molecule has 6 nitrogen and oxygen atoms in total. The monoisotopic (exact) mass is 406 g/mol. The van der Waals surface area contributed by atoms with Gasteiger partial charge in [-0.3, -0.25) is 9.59 Å². The van der Waals surface area contributed by atoms with Crippen molar-refractivity contribution in [3.05, 3.63) is 59.7 Å². The number of hydrogen-bond acceptors (Lipinski definition) is 4. The van der Waals surface area contributed by atoms with Crippen molar-refractivity contribution >= 4 is 23.2 Å². The molecule has 0 aliphatic carbocycles. The molecule has 2 aromatic carbocycles. The largest absolute Gasteiger partial charge is 0.369 e. The molecular weight excluding hydrogens is 376 g/mol. The van der Waals surface area contributed by atoms with E-state index in [-0.39, 0.29) is 23.8 Å². The van der Waals surface area contributed by atoms with Gasteiger partial charge in [0, 0.05) is 43.6 Å². The molecule has 0 unspecified atom stereocenters. The summed E-state index contributed by atoms with van der Waals surface area (Å²) in [6, 6.07) is 16.4. The van der Waals surface area contributed by atoms with Crippen molar-refractivity contribution in [1.82, 2.24) is 4.90 Å². The van der Waals surface area contributed by atoms with Crippen LogP contribution in [0.3, 0.4) is 0 Å². The number of hydrogen-bond donors (Lipinski definition) is 1. The molecule has 0 spiro atoms. The lowest BCUT2D eigenvalue weighted by atomic mass is 9.85. The van der Waals surface area contributed by atoms with Crippen LogP contribution in [0.4, 0.5) is 11.4 Å². The van der Waals surface area contributed by atoms with Gasteiger partial charge in [-0.1, -0.05) is 30.3 Å². The Bertz CT molecular complexity index is 936. The van der Waals surface area contributed by atoms with Crippen molar-refractivity contribution < 1.29 is 9.59 Å². The quantitative estimate of drug-likeness (QED) is 0.847. The van der Waals surface area contributed by atoms with E-state index < -0.39 is 0 Å². The molecule has 2 amide bonds. The number of nitrogens with zero attached hydrogens (tertiary/aromatic N) is 3. The number of para-hydroxylation sites is 1. The van der Waals surface area contributed by atoms with Gasteiger partial charge in [0.1, 0.15) is 0 Å². The van der Waals surface area contributed by atoms with Crippen molar-refractivity contribution in [2.45, 2.75) is 32.2 Å². The lowest BCUT2D eigenvalue weighted by Gasteiger charge is -2.41. The standard InChI is InChI=1S/C24H30N4O2/c1-17-6-5-7-19(14-17)26-10-12-27(13-11-26)23(29)16-28-18(2)15-21(24(25)30)20-8-3-4-9-22(20)28/h3-9,14,18,21H,10-13,15-16H2,1-2H3,(H2,25,30)/t18-,21-/m0/s1. The average Bonchev–Trinajstić information content (AvgIpc) is 2.75. The topological polar surface area (TPSA) is 69.9 Å². The number of primary amides is 1. The summed E-state index contributed by atoms with van der Waals surface area (Å²) >= 11 is 0. The highest BCUT2D eigenvalue weighted by Crippen LogP contribution is 2.38. The second-order valence-electron chi connectivity index (χ2n) is 8.43. The van der Waals surface area contributed by atoms with Crippen LogP contribution in [0.2, 0.25) is 0 Å². The third-order valence-electron chi connectivity index (χ3n) is 6.38. The minimum atomic E-state index is -0.299. The fraction of sp³-hybridized carbons (Fsp3) is 0.417. The van der Waals surface area contributed by atoms with Crippen LogP contribution in [0.15, 0.2) is 48.5 Å². The Hall–Kier alpha value is -3.02. The van der Waals surface area contributed by atoms with Crippen LogP contribution < -0.4 is 15.5 Å². The van der Waals surface area contributed by atoms with E-state index in [0.717, 1.165) is 37.4 Å². The highest BCUT2D eigenvalue weighted by Gasteiger charge is 2.34. The highest BCUT2D eigenvalue weighted by atomic mass is 16.2. The Labute approximate surface area is 178 Å². The zero-order valence-corrected chi connectivity index (χ0v) is 17.8. The Morgan fingerprint density at radius 3 is 2.47 bits per heavy atom. The first-order valence-electron chi connectivity index (χ1n) is 10.7. The minimum absolute atomic E-state index is 0.0786. The molecule has 4 rings (SSSR count). The van der Waals surface area contributed by atoms with Crippen LogP contribution >= 0.6 is 0 Å². The zero-order chi connectivity index (χ0) is 21.3. The summed E-state index contributed by atoms with van der Waals surface area (Å²) in [6.45, 7) is 7.61. The first kappa shape index (κ1) is 20.3. The number of anilines is 2. The summed E-state index contributed by atoms with van der Waals surface area (Å²) in [6.07, 6.45) is 0.640. The maximum Gasteiger partial charge on any atom is 0.242 e. The molecular formula is C24H30N4O2. The molecule has 0 saturated carbocycles. The van der Waals surface area contributed by atoms with E-state index in [9.17, 15) is 9.59 Å². The molecule has 1 fully saturated rings. The van der Waals surface area contributed by atoms with Crippen molar-refractivity contribution in [2.24, 2.45) is 5.73 Å². The number of aryl methyl sites for hydroxylation is 1. The van der Waals surface area contributed by atoms with E-state index in [1.165, 1.54) is 11.3 Å². The average molecular weight is 407 g/mol. The van der Waals surface area contributed by atoms with E-state index in [0.29, 0.717) is 13.0 Å². The molecule has 30 heavy (non-hydrogen) atoms. The van der Waals surface area contributed by atoms with E-state index in [4.69, 9.17) is 5.73 Å². The van der Waals surface area contributed by atoms with Gasteiger partial charge in [-0.15, -0.1) is 0 Å². The summed E-state index contributed by atoms with van der Waals surface area (Å²) in [5.74, 6) is -0.453. The van der Waals surface area contributed by atoms with Crippen molar-refractivity contribution in [3.8, 4) is 0 Å². The van der Waals surface area contributed by atoms with Crippen LogP contribution in [-0.4, -0.2) is 55.5 Å². The van der Waals surface area contributed by atoms with Gasteiger partial charge >= 0.3 is 0 Å². The summed E-state index contributed by atoms with van der Waals surface area (Å²) in [7, 11) is 0. The van der Waals surface area contributed by atoms with Crippen molar-refractivity contribution in [1.29, 1.82) is 0 Å². The first-order valence-corrected chi connectivity index (χ1v) is 10.7. The maximum atomic E-state index is 13.1. The minimum Gasteiger partial charge on any atom is -0.369 e. The second kappa shape index (κ2) is 8.38. The van der Waals surface area contributed by atoms with Gasteiger partial charge < -0.3 is 20.4 Å². The first-order chi connectivity index (χ1) is 14.4. The van der Waals surface area contributed by atoms with Crippen LogP contribution in [0.25, 0.3) is 0 Å². The predicted octanol–water partition coefficient (Wildman–Crippen LogP) is 2.51. The molecule has 6 heteroatoms. The lowest BCUT2D eigenvalue weighted by Crippen LogP contribution is -2.53. The van der Waals surface area contributed by atoms with E-state index in [1.54, 1.807) is 0 Å². The van der Waals surface area contributed by atoms with Gasteiger partial charge in [-0.2, -0.15) is 0 Å². The SMILES string of the molecule is Cc1cccc(N2CCN(C(=O)CN3c4ccccc4[C@@H](C(N)=O)C[C@@H]3C)CC2)c1. The fourth-order valence-corrected chi connectivity index (χ4v) is 4.67. The zero-order valence-electron chi connectivity index (χ0n) is 17.8. The van der Waals surface area contributed by atoms with E-state index >= 15 is 0 Å². The smallest absolute Gasteiger partial charge is 0.242 e. The van der Waals surface area contributed by atoms with Gasteiger partial charge in [-0.25, -0.2) is 0 Å². The summed E-state index contributed by atoms with van der Waals surface area (Å²) < 4.78 is 0. The van der Waals surface area contributed by atoms with Gasteiger partial charge in [-0.05, 0) is 49.6 Å². The van der Waals surface area contributed by atoms with Crippen LogP contribution in [0.1, 0.15) is 30.4 Å². The Balaban J connectivity index is 1.43. The number of carbonyl (C=O) groups is 2. The van der Waals surface area contributed by atoms with Gasteiger partial charge in [0.2, 0.25) is 11.8 Å². The van der Waals surface area contributed by atoms with Gasteiger partial charge in [0.25, 0.3) is 0 Å². The number of fused-ring (bicyclic) bond motifs is 1. The molecule has 2 aliphatic heterocycles. The molecule has 158 valence electrons. The van der Waals surface area contributed by atoms with Gasteiger partial charge in [0.05, 0.1) is 12.5 Å². The van der Waals surface area contributed by atoms with Crippen LogP contribution in [0.5, 0.6) is 0 Å². The van der Waals surface area contributed by atoms with E-state index in [1.807, 2.05) is 29.2 Å². The number of benzene rings is 2. The number of rotatable bonds is 4. The summed E-state index contributed by atoms with van der Waals surface area (Å²) in [5, 5.41) is 0. The van der Waals surface area contributed by atoms with E-state index in [2.05, 4.69) is 47.9 Å². The molecule has 1 saturated heterocycles. The molecule has 2 N–H and O–H groups in total. The summed E-state index contributed by atoms with van der Waals surface area (Å²) in [4.78, 5) is 31.5. The summed E-state index contributed by atoms with van der Waals surface area (Å²) in [5.41, 5.74) is 9.99. The Morgan fingerprint density at radius 2 is 1.77 bits per heavy atom. The Kier molecular flexibility index (Phi) is 5.66. The maximum absolute atomic E-state index is 13.1. The van der Waals surface area contributed by atoms with Crippen LogP contribution in [0, 0.1) is 6.92 Å². The van der Waals surface area contributed by atoms with Crippen molar-refractivity contribution in [2.75, 3.05) is 42.5 Å². The highest BCUT2D eigenvalue weighted by molar-refractivity contribution is 5.87. The number of piperazine rings is 1. The number of nitrogens with two attached hydrogens (primary N) is 1. The van der Waals surface area contributed by atoms with Gasteiger partial charge in [0.15, 0.2) is 0 Å². The third-order valence-corrected chi connectivity index (χ3v) is 6.38. The Morgan fingerprint density at radius 1 is 1.03 bits per heavy atom.